The molecule has 0 fully saturated rings. The van der Waals surface area contributed by atoms with E-state index >= 15 is 0 Å². The highest BCUT2D eigenvalue weighted by molar-refractivity contribution is 7.80. The van der Waals surface area contributed by atoms with E-state index in [0.717, 1.165) is 11.3 Å². The Morgan fingerprint density at radius 3 is 2.25 bits per heavy atom. The number of para-hydroxylation sites is 1. The zero-order chi connectivity index (χ0) is 15.6. The van der Waals surface area contributed by atoms with Gasteiger partial charge in [0.15, 0.2) is 0 Å². The van der Waals surface area contributed by atoms with Crippen molar-refractivity contribution in [2.75, 3.05) is 5.32 Å². The third-order valence-electron chi connectivity index (χ3n) is 3.74. The van der Waals surface area contributed by atoms with E-state index in [0.29, 0.717) is 6.42 Å². The smallest absolute Gasteiger partial charge is 0.237 e. The lowest BCUT2D eigenvalue weighted by atomic mass is 9.84. The summed E-state index contributed by atoms with van der Waals surface area (Å²) in [4.78, 5) is 12.7. The number of anilines is 1. The van der Waals surface area contributed by atoms with Crippen molar-refractivity contribution in [1.82, 2.24) is 0 Å². The lowest BCUT2D eigenvalue weighted by Crippen LogP contribution is -2.43. The van der Waals surface area contributed by atoms with E-state index in [1.54, 1.807) is 6.92 Å². The van der Waals surface area contributed by atoms with E-state index in [-0.39, 0.29) is 16.3 Å². The second-order valence-corrected chi connectivity index (χ2v) is 6.74. The van der Waals surface area contributed by atoms with Crippen LogP contribution in [0.25, 0.3) is 0 Å². The minimum atomic E-state index is -0.819. The minimum Gasteiger partial charge on any atom is -0.392 e. The summed E-state index contributed by atoms with van der Waals surface area (Å²) in [5.74, 6) is -0.149. The van der Waals surface area contributed by atoms with E-state index in [2.05, 4.69) is 26.1 Å². The molecule has 20 heavy (non-hydrogen) atoms. The van der Waals surface area contributed by atoms with E-state index in [1.807, 2.05) is 31.2 Å². The molecule has 0 radical (unpaired) electrons. The SMILES string of the molecule is CCC(C)(C(=O)Nc1ccccc1C(C)(C)C)C(N)=S. The number of amides is 1. The van der Waals surface area contributed by atoms with E-state index in [9.17, 15) is 4.79 Å². The fraction of sp³-hybridized carbons (Fsp3) is 0.500. The fourth-order valence-electron chi connectivity index (χ4n) is 1.95. The Labute approximate surface area is 126 Å². The molecule has 0 saturated heterocycles. The number of carbonyl (C=O) groups excluding carboxylic acids is 1. The van der Waals surface area contributed by atoms with Crippen molar-refractivity contribution in [3.8, 4) is 0 Å². The number of rotatable bonds is 4. The van der Waals surface area contributed by atoms with E-state index in [1.165, 1.54) is 0 Å². The molecule has 3 N–H and O–H groups in total. The maximum Gasteiger partial charge on any atom is 0.237 e. The molecular weight excluding hydrogens is 268 g/mol. The summed E-state index contributed by atoms with van der Waals surface area (Å²) in [5.41, 5.74) is 6.78. The quantitative estimate of drug-likeness (QED) is 0.833. The normalized spacial score (nSPS) is 14.4. The highest BCUT2D eigenvalue weighted by Gasteiger charge is 2.35. The van der Waals surface area contributed by atoms with Crippen LogP contribution in [0.15, 0.2) is 24.3 Å². The van der Waals surface area contributed by atoms with Gasteiger partial charge < -0.3 is 11.1 Å². The standard InChI is InChI=1S/C16H24N2OS/c1-6-16(5,13(17)20)14(19)18-12-10-8-7-9-11(12)15(2,3)4/h7-10H,6H2,1-5H3,(H2,17,20)(H,18,19). The largest absolute Gasteiger partial charge is 0.392 e. The van der Waals surface area contributed by atoms with Gasteiger partial charge in [-0.2, -0.15) is 0 Å². The van der Waals surface area contributed by atoms with Gasteiger partial charge in [-0.3, -0.25) is 4.79 Å². The number of hydrogen-bond acceptors (Lipinski definition) is 2. The van der Waals surface area contributed by atoms with Crippen molar-refractivity contribution < 1.29 is 4.79 Å². The van der Waals surface area contributed by atoms with Crippen LogP contribution in [0.5, 0.6) is 0 Å². The summed E-state index contributed by atoms with van der Waals surface area (Å²) in [6.07, 6.45) is 0.575. The van der Waals surface area contributed by atoms with E-state index in [4.69, 9.17) is 18.0 Å². The number of nitrogens with one attached hydrogen (secondary N) is 1. The van der Waals surface area contributed by atoms with Gasteiger partial charge >= 0.3 is 0 Å². The predicted molar refractivity (Wildman–Crippen MR) is 89.0 cm³/mol. The molecule has 0 spiro atoms. The second kappa shape index (κ2) is 5.92. The van der Waals surface area contributed by atoms with Crippen LogP contribution < -0.4 is 11.1 Å². The highest BCUT2D eigenvalue weighted by Crippen LogP contribution is 2.31. The summed E-state index contributed by atoms with van der Waals surface area (Å²) in [7, 11) is 0. The van der Waals surface area contributed by atoms with Crippen LogP contribution in [-0.2, 0) is 10.2 Å². The molecule has 0 aromatic heterocycles. The lowest BCUT2D eigenvalue weighted by Gasteiger charge is -2.28. The highest BCUT2D eigenvalue weighted by atomic mass is 32.1. The molecule has 1 unspecified atom stereocenters. The molecule has 110 valence electrons. The number of thiocarbonyl (C=S) groups is 1. The van der Waals surface area contributed by atoms with Gasteiger partial charge in [-0.1, -0.05) is 58.1 Å². The van der Waals surface area contributed by atoms with Crippen molar-refractivity contribution in [1.29, 1.82) is 0 Å². The average molecular weight is 292 g/mol. The van der Waals surface area contributed by atoms with Crippen molar-refractivity contribution in [3.63, 3.8) is 0 Å². The number of nitrogens with two attached hydrogens (primary N) is 1. The van der Waals surface area contributed by atoms with Gasteiger partial charge in [-0.05, 0) is 30.4 Å². The van der Waals surface area contributed by atoms with Gasteiger partial charge in [-0.15, -0.1) is 0 Å². The van der Waals surface area contributed by atoms with Crippen LogP contribution in [0.4, 0.5) is 5.69 Å². The minimum absolute atomic E-state index is 0.0459. The number of benzene rings is 1. The van der Waals surface area contributed by atoms with Crippen molar-refractivity contribution in [2.24, 2.45) is 11.1 Å². The van der Waals surface area contributed by atoms with Gasteiger partial charge in [-0.25, -0.2) is 0 Å². The first kappa shape index (κ1) is 16.6. The summed E-state index contributed by atoms with van der Waals surface area (Å²) in [6, 6.07) is 7.82. The first-order chi connectivity index (χ1) is 9.13. The van der Waals surface area contributed by atoms with Crippen LogP contribution >= 0.6 is 12.2 Å². The molecule has 1 amide bonds. The van der Waals surface area contributed by atoms with Crippen molar-refractivity contribution in [2.45, 2.75) is 46.5 Å². The van der Waals surface area contributed by atoms with Crippen LogP contribution in [-0.4, -0.2) is 10.9 Å². The molecule has 0 aliphatic carbocycles. The Balaban J connectivity index is 3.12. The summed E-state index contributed by atoms with van der Waals surface area (Å²) >= 11 is 5.05. The van der Waals surface area contributed by atoms with Gasteiger partial charge in [0.1, 0.15) is 0 Å². The summed E-state index contributed by atoms with van der Waals surface area (Å²) < 4.78 is 0. The van der Waals surface area contributed by atoms with Gasteiger partial charge in [0.25, 0.3) is 0 Å². The fourth-order valence-corrected chi connectivity index (χ4v) is 2.19. The molecule has 3 nitrogen and oxygen atoms in total. The zero-order valence-corrected chi connectivity index (χ0v) is 13.7. The predicted octanol–water partition coefficient (Wildman–Crippen LogP) is 3.63. The van der Waals surface area contributed by atoms with E-state index < -0.39 is 5.41 Å². The van der Waals surface area contributed by atoms with Crippen LogP contribution in [0.3, 0.4) is 0 Å². The zero-order valence-electron chi connectivity index (χ0n) is 12.9. The molecule has 0 aliphatic rings. The maximum absolute atomic E-state index is 12.5. The molecule has 0 aliphatic heterocycles. The van der Waals surface area contributed by atoms with Crippen LogP contribution in [0.2, 0.25) is 0 Å². The average Bonchev–Trinajstić information content (AvgIpc) is 2.36. The third kappa shape index (κ3) is 3.37. The first-order valence-corrected chi connectivity index (χ1v) is 7.24. The third-order valence-corrected chi connectivity index (χ3v) is 4.19. The molecule has 0 heterocycles. The molecule has 0 saturated carbocycles. The van der Waals surface area contributed by atoms with Gasteiger partial charge in [0.2, 0.25) is 5.91 Å². The summed E-state index contributed by atoms with van der Waals surface area (Å²) in [5, 5.41) is 2.98. The molecular formula is C16H24N2OS. The summed E-state index contributed by atoms with van der Waals surface area (Å²) in [6.45, 7) is 10.0. The Kier molecular flexibility index (Phi) is 4.92. The number of hydrogen-bond donors (Lipinski definition) is 2. The van der Waals surface area contributed by atoms with Crippen LogP contribution in [0, 0.1) is 5.41 Å². The van der Waals surface area contributed by atoms with Gasteiger partial charge in [0, 0.05) is 5.69 Å². The molecule has 0 bridgehead atoms. The first-order valence-electron chi connectivity index (χ1n) is 6.83. The topological polar surface area (TPSA) is 55.1 Å². The Morgan fingerprint density at radius 1 is 1.25 bits per heavy atom. The van der Waals surface area contributed by atoms with Crippen molar-refractivity contribution >= 4 is 28.8 Å². The monoisotopic (exact) mass is 292 g/mol. The number of carbonyl (C=O) groups is 1. The molecule has 1 aromatic rings. The lowest BCUT2D eigenvalue weighted by molar-refractivity contribution is -0.121. The molecule has 1 aromatic carbocycles. The molecule has 4 heteroatoms. The van der Waals surface area contributed by atoms with Gasteiger partial charge in [0.05, 0.1) is 10.4 Å². The second-order valence-electron chi connectivity index (χ2n) is 6.30. The Morgan fingerprint density at radius 2 is 1.80 bits per heavy atom. The Bertz CT molecular complexity index is 519. The maximum atomic E-state index is 12.5. The molecule has 1 rings (SSSR count). The molecule has 1 atom stereocenters. The van der Waals surface area contributed by atoms with Crippen molar-refractivity contribution in [3.05, 3.63) is 29.8 Å². The van der Waals surface area contributed by atoms with Crippen LogP contribution in [0.1, 0.15) is 46.6 Å². The Hall–Kier alpha value is -1.42.